The van der Waals surface area contributed by atoms with Crippen molar-refractivity contribution in [3.63, 3.8) is 0 Å². The standard InChI is InChI=1S/C6H10.C4H10.C2H6/c1-2-4-6-5-3-1;1-4(2)3;1-2/h1-2H,3-6H2;4H,1-3H3;1-2H3. The van der Waals surface area contributed by atoms with Crippen molar-refractivity contribution in [1.29, 1.82) is 0 Å². The fourth-order valence-corrected chi connectivity index (χ4v) is 0.760. The van der Waals surface area contributed by atoms with Crippen LogP contribution in [0.25, 0.3) is 0 Å². The van der Waals surface area contributed by atoms with Crippen molar-refractivity contribution in [3.05, 3.63) is 12.2 Å². The van der Waals surface area contributed by atoms with Gasteiger partial charge in [0, 0.05) is 0 Å². The largest absolute Gasteiger partial charge is 0.0885 e. The molecule has 0 aromatic heterocycles. The molecule has 1 aliphatic carbocycles. The molecule has 0 bridgehead atoms. The molecular formula is C12H26. The molecule has 0 aromatic carbocycles. The monoisotopic (exact) mass is 170 g/mol. The summed E-state index contributed by atoms with van der Waals surface area (Å²) in [6.45, 7) is 10.5. The van der Waals surface area contributed by atoms with Gasteiger partial charge < -0.3 is 0 Å². The molecule has 0 saturated carbocycles. The van der Waals surface area contributed by atoms with Gasteiger partial charge in [-0.2, -0.15) is 0 Å². The molecule has 0 heterocycles. The Morgan fingerprint density at radius 1 is 0.833 bits per heavy atom. The van der Waals surface area contributed by atoms with E-state index in [-0.39, 0.29) is 0 Å². The van der Waals surface area contributed by atoms with Crippen LogP contribution in [0, 0.1) is 5.92 Å². The zero-order valence-corrected chi connectivity index (χ0v) is 9.56. The Bertz CT molecular complexity index is 69.3. The molecule has 0 heteroatoms. The third-order valence-corrected chi connectivity index (χ3v) is 1.16. The van der Waals surface area contributed by atoms with Crippen molar-refractivity contribution < 1.29 is 0 Å². The zero-order valence-electron chi connectivity index (χ0n) is 9.56. The van der Waals surface area contributed by atoms with E-state index in [0.29, 0.717) is 0 Å². The first-order chi connectivity index (χ1) is 5.73. The first-order valence-corrected chi connectivity index (χ1v) is 5.38. The van der Waals surface area contributed by atoms with Gasteiger partial charge in [0.25, 0.3) is 0 Å². The summed E-state index contributed by atoms with van der Waals surface area (Å²) < 4.78 is 0. The molecule has 1 rings (SSSR count). The Morgan fingerprint density at radius 2 is 1.08 bits per heavy atom. The highest BCUT2D eigenvalue weighted by molar-refractivity contribution is 4.85. The van der Waals surface area contributed by atoms with Gasteiger partial charge in [0.15, 0.2) is 0 Å². The van der Waals surface area contributed by atoms with Gasteiger partial charge >= 0.3 is 0 Å². The minimum absolute atomic E-state index is 0.833. The van der Waals surface area contributed by atoms with E-state index in [1.807, 2.05) is 13.8 Å². The van der Waals surface area contributed by atoms with E-state index in [2.05, 4.69) is 32.9 Å². The molecule has 0 unspecified atom stereocenters. The number of rotatable bonds is 0. The second-order valence-corrected chi connectivity index (χ2v) is 3.49. The molecule has 0 atom stereocenters. The van der Waals surface area contributed by atoms with Crippen LogP contribution in [-0.4, -0.2) is 0 Å². The summed E-state index contributed by atoms with van der Waals surface area (Å²) in [7, 11) is 0. The lowest BCUT2D eigenvalue weighted by molar-refractivity contribution is 0.730. The van der Waals surface area contributed by atoms with Gasteiger partial charge in [-0.3, -0.25) is 0 Å². The predicted octanol–water partition coefficient (Wildman–Crippen LogP) is 4.81. The van der Waals surface area contributed by atoms with Crippen LogP contribution in [0.4, 0.5) is 0 Å². The summed E-state index contributed by atoms with van der Waals surface area (Å²) in [5.41, 5.74) is 0. The fourth-order valence-electron chi connectivity index (χ4n) is 0.760. The van der Waals surface area contributed by atoms with Crippen LogP contribution in [0.15, 0.2) is 12.2 Å². The third-order valence-electron chi connectivity index (χ3n) is 1.16. The molecule has 74 valence electrons. The van der Waals surface area contributed by atoms with Crippen molar-refractivity contribution in [2.75, 3.05) is 0 Å². The molecule has 0 N–H and O–H groups in total. The highest BCUT2D eigenvalue weighted by Crippen LogP contribution is 2.07. The number of allylic oxidation sites excluding steroid dienone is 2. The fraction of sp³-hybridized carbons (Fsp3) is 0.833. The van der Waals surface area contributed by atoms with E-state index in [1.54, 1.807) is 0 Å². The van der Waals surface area contributed by atoms with Crippen LogP contribution in [0.5, 0.6) is 0 Å². The SMILES string of the molecule is C1=CCCCC1.CC.CC(C)C. The van der Waals surface area contributed by atoms with Crippen LogP contribution < -0.4 is 0 Å². The Hall–Kier alpha value is -0.260. The van der Waals surface area contributed by atoms with E-state index in [4.69, 9.17) is 0 Å². The lowest BCUT2D eigenvalue weighted by Gasteiger charge is -1.97. The molecule has 0 saturated heterocycles. The van der Waals surface area contributed by atoms with Crippen molar-refractivity contribution >= 4 is 0 Å². The Balaban J connectivity index is 0. The van der Waals surface area contributed by atoms with Gasteiger partial charge in [0.1, 0.15) is 0 Å². The maximum absolute atomic E-state index is 2.27. The summed E-state index contributed by atoms with van der Waals surface area (Å²) in [5.74, 6) is 0.833. The molecule has 12 heavy (non-hydrogen) atoms. The van der Waals surface area contributed by atoms with Crippen LogP contribution in [0.2, 0.25) is 0 Å². The summed E-state index contributed by atoms with van der Waals surface area (Å²) in [4.78, 5) is 0. The summed E-state index contributed by atoms with van der Waals surface area (Å²) >= 11 is 0. The van der Waals surface area contributed by atoms with Crippen molar-refractivity contribution in [2.24, 2.45) is 5.92 Å². The topological polar surface area (TPSA) is 0 Å². The maximum Gasteiger partial charge on any atom is -0.0351 e. The second-order valence-electron chi connectivity index (χ2n) is 3.49. The Morgan fingerprint density at radius 3 is 1.17 bits per heavy atom. The minimum atomic E-state index is 0.833. The Labute approximate surface area is 79.1 Å². The van der Waals surface area contributed by atoms with E-state index < -0.39 is 0 Å². The van der Waals surface area contributed by atoms with E-state index in [9.17, 15) is 0 Å². The van der Waals surface area contributed by atoms with Crippen LogP contribution in [0.1, 0.15) is 60.3 Å². The quantitative estimate of drug-likeness (QED) is 0.458. The molecule has 0 aliphatic heterocycles. The molecule has 1 aliphatic rings. The average molecular weight is 170 g/mol. The van der Waals surface area contributed by atoms with Gasteiger partial charge in [-0.15, -0.1) is 0 Å². The molecule has 0 fully saturated rings. The third kappa shape index (κ3) is 22.6. The molecular weight excluding hydrogens is 144 g/mol. The second kappa shape index (κ2) is 13.3. The van der Waals surface area contributed by atoms with Crippen molar-refractivity contribution in [3.8, 4) is 0 Å². The molecule has 0 nitrogen and oxygen atoms in total. The van der Waals surface area contributed by atoms with E-state index in [1.165, 1.54) is 25.7 Å². The smallest absolute Gasteiger partial charge is 0.0351 e. The van der Waals surface area contributed by atoms with Gasteiger partial charge in [-0.1, -0.05) is 46.8 Å². The van der Waals surface area contributed by atoms with Gasteiger partial charge in [-0.25, -0.2) is 0 Å². The normalized spacial score (nSPS) is 14.2. The van der Waals surface area contributed by atoms with E-state index in [0.717, 1.165) is 5.92 Å². The van der Waals surface area contributed by atoms with Crippen LogP contribution in [-0.2, 0) is 0 Å². The maximum atomic E-state index is 2.27. The van der Waals surface area contributed by atoms with Crippen molar-refractivity contribution in [2.45, 2.75) is 60.3 Å². The predicted molar refractivity (Wildman–Crippen MR) is 59.5 cm³/mol. The van der Waals surface area contributed by atoms with E-state index >= 15 is 0 Å². The zero-order chi connectivity index (χ0) is 9.82. The summed E-state index contributed by atoms with van der Waals surface area (Å²) in [6, 6.07) is 0. The van der Waals surface area contributed by atoms with Crippen LogP contribution in [0.3, 0.4) is 0 Å². The molecule has 0 aromatic rings. The minimum Gasteiger partial charge on any atom is -0.0885 e. The highest BCUT2D eigenvalue weighted by Gasteiger charge is 1.87. The van der Waals surface area contributed by atoms with Gasteiger partial charge in [0.05, 0.1) is 0 Å². The summed E-state index contributed by atoms with van der Waals surface area (Å²) in [6.07, 6.45) is 10.0. The van der Waals surface area contributed by atoms with Crippen LogP contribution >= 0.6 is 0 Å². The molecule has 0 amide bonds. The lowest BCUT2D eigenvalue weighted by Crippen LogP contribution is -1.77. The first kappa shape index (κ1) is 14.3. The van der Waals surface area contributed by atoms with Crippen molar-refractivity contribution in [1.82, 2.24) is 0 Å². The van der Waals surface area contributed by atoms with Gasteiger partial charge in [0.2, 0.25) is 0 Å². The number of hydrogen-bond donors (Lipinski definition) is 0. The summed E-state index contributed by atoms with van der Waals surface area (Å²) in [5, 5.41) is 0. The molecule has 0 radical (unpaired) electrons. The van der Waals surface area contributed by atoms with Gasteiger partial charge in [-0.05, 0) is 31.6 Å². The number of hydrogen-bond acceptors (Lipinski definition) is 0. The Kier molecular flexibility index (Phi) is 15.9. The average Bonchev–Trinajstić information content (AvgIpc) is 2.10. The first-order valence-electron chi connectivity index (χ1n) is 5.38. The molecule has 0 spiro atoms. The highest BCUT2D eigenvalue weighted by atomic mass is 13.9. The lowest BCUT2D eigenvalue weighted by atomic mass is 10.1.